The Hall–Kier alpha value is -1.95. The van der Waals surface area contributed by atoms with Crippen LogP contribution in [-0.2, 0) is 0 Å². The van der Waals surface area contributed by atoms with Gasteiger partial charge in [0.15, 0.2) is 5.65 Å². The molecule has 86 valence electrons. The van der Waals surface area contributed by atoms with Gasteiger partial charge in [0.2, 0.25) is 5.95 Å². The fourth-order valence-electron chi connectivity index (χ4n) is 1.67. The maximum Gasteiger partial charge on any atom is 0.225 e. The van der Waals surface area contributed by atoms with Gasteiger partial charge in [0.25, 0.3) is 0 Å². The molecular weight excluding hydrogens is 234 g/mol. The van der Waals surface area contributed by atoms with E-state index in [1.165, 1.54) is 0 Å². The third-order valence-corrected chi connectivity index (χ3v) is 3.28. The Morgan fingerprint density at radius 2 is 2.35 bits per heavy atom. The minimum atomic E-state index is 0.632. The summed E-state index contributed by atoms with van der Waals surface area (Å²) in [6, 6.07) is 4.07. The number of anilines is 1. The molecule has 0 unspecified atom stereocenters. The van der Waals surface area contributed by atoms with Crippen LogP contribution in [0.3, 0.4) is 0 Å². The van der Waals surface area contributed by atoms with E-state index in [2.05, 4.69) is 31.5 Å². The van der Waals surface area contributed by atoms with E-state index < -0.39 is 0 Å². The van der Waals surface area contributed by atoms with Gasteiger partial charge in [-0.2, -0.15) is 10.1 Å². The lowest BCUT2D eigenvalue weighted by Crippen LogP contribution is -2.02. The Balaban J connectivity index is 2.23. The van der Waals surface area contributed by atoms with Crippen molar-refractivity contribution in [3.63, 3.8) is 0 Å². The van der Waals surface area contributed by atoms with Crippen LogP contribution in [0.25, 0.3) is 21.6 Å². The van der Waals surface area contributed by atoms with Crippen LogP contribution < -0.4 is 5.32 Å². The summed E-state index contributed by atoms with van der Waals surface area (Å²) in [7, 11) is 0. The van der Waals surface area contributed by atoms with Crippen LogP contribution in [0.4, 0.5) is 5.95 Å². The number of hydrogen-bond acceptors (Lipinski definition) is 5. The lowest BCUT2D eigenvalue weighted by atomic mass is 10.2. The molecule has 0 fully saturated rings. The second kappa shape index (κ2) is 4.14. The highest BCUT2D eigenvalue weighted by atomic mass is 32.1. The van der Waals surface area contributed by atoms with Crippen molar-refractivity contribution >= 4 is 28.3 Å². The Bertz CT molecular complexity index is 628. The number of thiophene rings is 1. The minimum absolute atomic E-state index is 0.632. The van der Waals surface area contributed by atoms with E-state index in [1.54, 1.807) is 17.5 Å². The van der Waals surface area contributed by atoms with Crippen molar-refractivity contribution in [2.45, 2.75) is 6.92 Å². The van der Waals surface area contributed by atoms with E-state index in [4.69, 9.17) is 0 Å². The standard InChI is InChI=1S/C11H11N5S/c1-2-12-11-14-9(8-4-3-5-17-8)7-6-13-16-10(7)15-11/h3-6H,2H2,1H3,(H2,12,13,14,15,16). The summed E-state index contributed by atoms with van der Waals surface area (Å²) in [5.74, 6) is 0.632. The number of H-pyrrole nitrogens is 1. The van der Waals surface area contributed by atoms with Gasteiger partial charge in [-0.25, -0.2) is 4.98 Å². The topological polar surface area (TPSA) is 66.5 Å². The molecule has 0 aliphatic rings. The molecule has 17 heavy (non-hydrogen) atoms. The predicted molar refractivity (Wildman–Crippen MR) is 69.2 cm³/mol. The number of aromatic nitrogens is 4. The van der Waals surface area contributed by atoms with E-state index in [9.17, 15) is 0 Å². The van der Waals surface area contributed by atoms with Crippen molar-refractivity contribution in [1.82, 2.24) is 20.2 Å². The first-order valence-corrected chi connectivity index (χ1v) is 6.25. The van der Waals surface area contributed by atoms with Crippen LogP contribution in [0.2, 0.25) is 0 Å². The van der Waals surface area contributed by atoms with Crippen molar-refractivity contribution in [3.8, 4) is 10.6 Å². The lowest BCUT2D eigenvalue weighted by Gasteiger charge is -2.04. The summed E-state index contributed by atoms with van der Waals surface area (Å²) in [4.78, 5) is 10.0. The first-order valence-electron chi connectivity index (χ1n) is 5.37. The molecule has 0 amide bonds. The number of nitrogens with one attached hydrogen (secondary N) is 2. The zero-order chi connectivity index (χ0) is 11.7. The maximum absolute atomic E-state index is 4.53. The summed E-state index contributed by atoms with van der Waals surface area (Å²) in [6.07, 6.45) is 1.76. The van der Waals surface area contributed by atoms with Crippen LogP contribution in [0.5, 0.6) is 0 Å². The van der Waals surface area contributed by atoms with E-state index in [1.807, 2.05) is 18.4 Å². The van der Waals surface area contributed by atoms with Gasteiger partial charge in [-0.1, -0.05) is 6.07 Å². The molecule has 3 rings (SSSR count). The second-order valence-electron chi connectivity index (χ2n) is 3.54. The Kier molecular flexibility index (Phi) is 2.49. The Morgan fingerprint density at radius 3 is 3.12 bits per heavy atom. The zero-order valence-electron chi connectivity index (χ0n) is 9.27. The van der Waals surface area contributed by atoms with Gasteiger partial charge in [0.05, 0.1) is 22.2 Å². The lowest BCUT2D eigenvalue weighted by molar-refractivity contribution is 1.07. The SMILES string of the molecule is CCNc1nc(-c2cccs2)c2cn[nH]c2n1. The first kappa shape index (κ1) is 10.2. The van der Waals surface area contributed by atoms with Gasteiger partial charge in [-0.05, 0) is 18.4 Å². The van der Waals surface area contributed by atoms with Crippen LogP contribution in [0.1, 0.15) is 6.92 Å². The summed E-state index contributed by atoms with van der Waals surface area (Å²) in [5.41, 5.74) is 1.69. The fourth-order valence-corrected chi connectivity index (χ4v) is 2.40. The van der Waals surface area contributed by atoms with Crippen LogP contribution in [0.15, 0.2) is 23.7 Å². The molecule has 2 N–H and O–H groups in total. The van der Waals surface area contributed by atoms with Crippen molar-refractivity contribution in [1.29, 1.82) is 0 Å². The van der Waals surface area contributed by atoms with Crippen LogP contribution in [0, 0.1) is 0 Å². The highest BCUT2D eigenvalue weighted by Crippen LogP contribution is 2.29. The molecule has 0 atom stereocenters. The summed E-state index contributed by atoms with van der Waals surface area (Å²) < 4.78 is 0. The monoisotopic (exact) mass is 245 g/mol. The van der Waals surface area contributed by atoms with E-state index in [0.29, 0.717) is 5.95 Å². The van der Waals surface area contributed by atoms with Gasteiger partial charge < -0.3 is 5.32 Å². The third kappa shape index (κ3) is 1.76. The number of rotatable bonds is 3. The average Bonchev–Trinajstić information content (AvgIpc) is 2.99. The van der Waals surface area contributed by atoms with Gasteiger partial charge >= 0.3 is 0 Å². The normalized spacial score (nSPS) is 10.9. The molecule has 3 heterocycles. The Morgan fingerprint density at radius 1 is 1.41 bits per heavy atom. The third-order valence-electron chi connectivity index (χ3n) is 2.40. The van der Waals surface area contributed by atoms with Crippen LogP contribution >= 0.6 is 11.3 Å². The van der Waals surface area contributed by atoms with E-state index in [-0.39, 0.29) is 0 Å². The molecule has 5 nitrogen and oxygen atoms in total. The largest absolute Gasteiger partial charge is 0.354 e. The average molecular weight is 245 g/mol. The van der Waals surface area contributed by atoms with Crippen molar-refractivity contribution in [3.05, 3.63) is 23.7 Å². The molecular formula is C11H11N5S. The maximum atomic E-state index is 4.53. The number of aromatic amines is 1. The van der Waals surface area contributed by atoms with Gasteiger partial charge in [0.1, 0.15) is 0 Å². The molecule has 6 heteroatoms. The minimum Gasteiger partial charge on any atom is -0.354 e. The van der Waals surface area contributed by atoms with Gasteiger partial charge in [-0.15, -0.1) is 11.3 Å². The fraction of sp³-hybridized carbons (Fsp3) is 0.182. The smallest absolute Gasteiger partial charge is 0.225 e. The molecule has 0 aliphatic heterocycles. The highest BCUT2D eigenvalue weighted by Gasteiger charge is 2.11. The molecule has 3 aromatic rings. The number of hydrogen-bond donors (Lipinski definition) is 2. The van der Waals surface area contributed by atoms with Crippen molar-refractivity contribution < 1.29 is 0 Å². The van der Waals surface area contributed by atoms with Gasteiger partial charge in [0, 0.05) is 6.54 Å². The van der Waals surface area contributed by atoms with E-state index >= 15 is 0 Å². The van der Waals surface area contributed by atoms with E-state index in [0.717, 1.165) is 28.1 Å². The zero-order valence-corrected chi connectivity index (χ0v) is 10.1. The predicted octanol–water partition coefficient (Wildman–Crippen LogP) is 2.51. The quantitative estimate of drug-likeness (QED) is 0.744. The first-order chi connectivity index (χ1) is 8.38. The van der Waals surface area contributed by atoms with Crippen molar-refractivity contribution in [2.75, 3.05) is 11.9 Å². The van der Waals surface area contributed by atoms with Crippen LogP contribution in [-0.4, -0.2) is 26.7 Å². The number of nitrogens with zero attached hydrogens (tertiary/aromatic N) is 3. The molecule has 0 saturated carbocycles. The molecule has 0 aliphatic carbocycles. The summed E-state index contributed by atoms with van der Waals surface area (Å²) in [6.45, 7) is 2.81. The molecule has 0 spiro atoms. The molecule has 3 aromatic heterocycles. The summed E-state index contributed by atoms with van der Waals surface area (Å²) >= 11 is 1.66. The Labute approximate surface area is 102 Å². The number of fused-ring (bicyclic) bond motifs is 1. The highest BCUT2D eigenvalue weighted by molar-refractivity contribution is 7.13. The molecule has 0 bridgehead atoms. The molecule has 0 radical (unpaired) electrons. The molecule has 0 saturated heterocycles. The van der Waals surface area contributed by atoms with Crippen molar-refractivity contribution in [2.24, 2.45) is 0 Å². The van der Waals surface area contributed by atoms with Gasteiger partial charge in [-0.3, -0.25) is 5.10 Å². The second-order valence-corrected chi connectivity index (χ2v) is 4.48. The molecule has 0 aromatic carbocycles. The summed E-state index contributed by atoms with van der Waals surface area (Å²) in [5, 5.41) is 13.0.